The van der Waals surface area contributed by atoms with Gasteiger partial charge in [0.05, 0.1) is 6.54 Å². The summed E-state index contributed by atoms with van der Waals surface area (Å²) in [4.78, 5) is 11.5. The Kier molecular flexibility index (Phi) is 8.27. The van der Waals surface area contributed by atoms with Crippen LogP contribution in [0.3, 0.4) is 0 Å². The number of para-hydroxylation sites is 1. The van der Waals surface area contributed by atoms with Gasteiger partial charge in [-0.15, -0.1) is 0 Å². The Hall–Kier alpha value is -1.93. The number of piperazine rings is 1. The summed E-state index contributed by atoms with van der Waals surface area (Å²) < 4.78 is 28.2. The van der Waals surface area contributed by atoms with Crippen LogP contribution in [0.4, 0.5) is 14.5 Å². The van der Waals surface area contributed by atoms with Crippen molar-refractivity contribution in [1.29, 1.82) is 0 Å². The number of nitrogens with one attached hydrogen (secondary N) is 2. The van der Waals surface area contributed by atoms with Crippen LogP contribution in [0.15, 0.2) is 23.2 Å². The van der Waals surface area contributed by atoms with Gasteiger partial charge in [0.2, 0.25) is 0 Å². The number of hydrogen-bond donors (Lipinski definition) is 2. The van der Waals surface area contributed by atoms with Gasteiger partial charge in [0, 0.05) is 57.9 Å². The molecule has 2 fully saturated rings. The Morgan fingerprint density at radius 1 is 1.13 bits per heavy atom. The summed E-state index contributed by atoms with van der Waals surface area (Å²) in [6.07, 6.45) is 0.812. The van der Waals surface area contributed by atoms with Gasteiger partial charge in [0.25, 0.3) is 0 Å². The molecular weight excluding hydrogens is 386 g/mol. The van der Waals surface area contributed by atoms with Gasteiger partial charge in [0.15, 0.2) is 5.96 Å². The van der Waals surface area contributed by atoms with E-state index in [1.54, 1.807) is 4.90 Å². The second-order valence-corrected chi connectivity index (χ2v) is 8.19. The molecule has 2 atom stereocenters. The molecule has 0 bridgehead atoms. The van der Waals surface area contributed by atoms with Crippen molar-refractivity contribution >= 4 is 11.6 Å². The Labute approximate surface area is 179 Å². The van der Waals surface area contributed by atoms with Gasteiger partial charge in [-0.2, -0.15) is 0 Å². The summed E-state index contributed by atoms with van der Waals surface area (Å²) >= 11 is 0. The average molecular weight is 423 g/mol. The summed E-state index contributed by atoms with van der Waals surface area (Å²) in [5.74, 6) is -0.237. The molecule has 0 radical (unpaired) electrons. The fourth-order valence-electron chi connectivity index (χ4n) is 4.24. The van der Waals surface area contributed by atoms with Crippen molar-refractivity contribution in [3.8, 4) is 0 Å². The normalized spacial score (nSPS) is 22.4. The maximum Gasteiger partial charge on any atom is 0.191 e. The molecule has 2 aliphatic rings. The lowest BCUT2D eigenvalue weighted by molar-refractivity contribution is 0.109. The van der Waals surface area contributed by atoms with E-state index in [2.05, 4.69) is 34.3 Å². The number of aliphatic imine (C=N–C) groups is 1. The molecule has 0 aliphatic carbocycles. The van der Waals surface area contributed by atoms with Crippen LogP contribution in [0.25, 0.3) is 0 Å². The molecule has 168 valence electrons. The van der Waals surface area contributed by atoms with E-state index in [-0.39, 0.29) is 11.7 Å². The van der Waals surface area contributed by atoms with E-state index in [1.807, 2.05) is 6.92 Å². The minimum Gasteiger partial charge on any atom is -0.365 e. The third-order valence-electron chi connectivity index (χ3n) is 6.12. The molecule has 2 heterocycles. The number of halogens is 2. The highest BCUT2D eigenvalue weighted by molar-refractivity contribution is 5.80. The lowest BCUT2D eigenvalue weighted by Crippen LogP contribution is -2.50. The summed E-state index contributed by atoms with van der Waals surface area (Å²) in [5.41, 5.74) is 0.0728. The first-order valence-electron chi connectivity index (χ1n) is 11.2. The zero-order valence-corrected chi connectivity index (χ0v) is 18.5. The molecular formula is C22H36F2N6. The van der Waals surface area contributed by atoms with E-state index in [1.165, 1.54) is 18.2 Å². The van der Waals surface area contributed by atoms with Crippen molar-refractivity contribution in [2.45, 2.75) is 39.3 Å². The van der Waals surface area contributed by atoms with Crippen LogP contribution >= 0.6 is 0 Å². The first kappa shape index (κ1) is 22.7. The Morgan fingerprint density at radius 2 is 1.83 bits per heavy atom. The van der Waals surface area contributed by atoms with Gasteiger partial charge in [0.1, 0.15) is 17.3 Å². The maximum absolute atomic E-state index is 14.1. The van der Waals surface area contributed by atoms with Crippen molar-refractivity contribution in [3.63, 3.8) is 0 Å². The maximum atomic E-state index is 14.1. The molecule has 1 aromatic carbocycles. The summed E-state index contributed by atoms with van der Waals surface area (Å²) in [6.45, 7) is 14.7. The Bertz CT molecular complexity index is 685. The Morgan fingerprint density at radius 3 is 2.47 bits per heavy atom. The highest BCUT2D eigenvalue weighted by Crippen LogP contribution is 2.26. The molecule has 2 aliphatic heterocycles. The predicted octanol–water partition coefficient (Wildman–Crippen LogP) is 2.12. The van der Waals surface area contributed by atoms with Crippen molar-refractivity contribution in [1.82, 2.24) is 20.4 Å². The summed E-state index contributed by atoms with van der Waals surface area (Å²) in [5, 5.41) is 6.76. The smallest absolute Gasteiger partial charge is 0.191 e. The van der Waals surface area contributed by atoms with Gasteiger partial charge in [-0.3, -0.25) is 9.89 Å². The number of nitrogens with zero attached hydrogens (tertiary/aromatic N) is 4. The minimum atomic E-state index is -0.506. The van der Waals surface area contributed by atoms with Crippen molar-refractivity contribution in [3.05, 3.63) is 29.8 Å². The van der Waals surface area contributed by atoms with Crippen LogP contribution in [-0.2, 0) is 0 Å². The molecule has 2 N–H and O–H groups in total. The third-order valence-corrected chi connectivity index (χ3v) is 6.12. The van der Waals surface area contributed by atoms with E-state index in [0.29, 0.717) is 19.1 Å². The summed E-state index contributed by atoms with van der Waals surface area (Å²) in [7, 11) is 0. The fraction of sp³-hybridized carbons (Fsp3) is 0.682. The number of hydrogen-bond acceptors (Lipinski definition) is 4. The number of rotatable bonds is 7. The molecule has 0 aromatic heterocycles. The van der Waals surface area contributed by atoms with E-state index in [0.717, 1.165) is 58.2 Å². The first-order valence-corrected chi connectivity index (χ1v) is 11.2. The van der Waals surface area contributed by atoms with E-state index in [4.69, 9.17) is 4.99 Å². The van der Waals surface area contributed by atoms with E-state index >= 15 is 0 Å². The first-order chi connectivity index (χ1) is 14.5. The van der Waals surface area contributed by atoms with Crippen LogP contribution in [0, 0.1) is 11.6 Å². The van der Waals surface area contributed by atoms with Crippen LogP contribution in [0.5, 0.6) is 0 Å². The second-order valence-electron chi connectivity index (χ2n) is 8.19. The zero-order chi connectivity index (χ0) is 21.5. The quantitative estimate of drug-likeness (QED) is 0.521. The minimum absolute atomic E-state index is 0.0728. The summed E-state index contributed by atoms with van der Waals surface area (Å²) in [6, 6.07) is 4.51. The number of likely N-dealkylation sites (N-methyl/N-ethyl adjacent to an activating group) is 1. The topological polar surface area (TPSA) is 46.1 Å². The molecule has 0 saturated carbocycles. The van der Waals surface area contributed by atoms with Crippen molar-refractivity contribution < 1.29 is 8.78 Å². The third kappa shape index (κ3) is 5.82. The molecule has 3 rings (SSSR count). The van der Waals surface area contributed by atoms with Crippen LogP contribution in [0.2, 0.25) is 0 Å². The molecule has 6 nitrogen and oxygen atoms in total. The zero-order valence-electron chi connectivity index (χ0n) is 18.5. The van der Waals surface area contributed by atoms with E-state index in [9.17, 15) is 8.78 Å². The fourth-order valence-corrected chi connectivity index (χ4v) is 4.24. The molecule has 8 heteroatoms. The monoisotopic (exact) mass is 422 g/mol. The SMILES string of the molecule is CCNC(=NCC(C)N1CCN(CC)CC1)NC1CCN(c2c(F)cccc2F)C1. The molecule has 0 amide bonds. The number of guanidine groups is 1. The predicted molar refractivity (Wildman–Crippen MR) is 119 cm³/mol. The standard InChI is InChI=1S/C22H36F2N6/c1-4-25-22(26-15-17(3)29-13-11-28(5-2)12-14-29)27-18-9-10-30(16-18)21-19(23)7-6-8-20(21)24/h6-8,17-18H,4-5,9-16H2,1-3H3,(H2,25,26,27). The lowest BCUT2D eigenvalue weighted by Gasteiger charge is -2.37. The second kappa shape index (κ2) is 10.9. The molecule has 2 unspecified atom stereocenters. The molecule has 2 saturated heterocycles. The van der Waals surface area contributed by atoms with Gasteiger partial charge in [-0.25, -0.2) is 8.78 Å². The van der Waals surface area contributed by atoms with Crippen LogP contribution in [-0.4, -0.2) is 86.7 Å². The number of benzene rings is 1. The van der Waals surface area contributed by atoms with E-state index < -0.39 is 11.6 Å². The number of anilines is 1. The van der Waals surface area contributed by atoms with Gasteiger partial charge in [-0.05, 0) is 38.9 Å². The van der Waals surface area contributed by atoms with Crippen LogP contribution < -0.4 is 15.5 Å². The lowest BCUT2D eigenvalue weighted by atomic mass is 10.2. The largest absolute Gasteiger partial charge is 0.365 e. The van der Waals surface area contributed by atoms with Gasteiger partial charge >= 0.3 is 0 Å². The van der Waals surface area contributed by atoms with Crippen LogP contribution in [0.1, 0.15) is 27.2 Å². The van der Waals surface area contributed by atoms with Gasteiger partial charge in [-0.1, -0.05) is 13.0 Å². The van der Waals surface area contributed by atoms with Crippen molar-refractivity contribution in [2.24, 2.45) is 4.99 Å². The molecule has 1 aromatic rings. The highest BCUT2D eigenvalue weighted by Gasteiger charge is 2.27. The van der Waals surface area contributed by atoms with Gasteiger partial charge < -0.3 is 20.4 Å². The molecule has 30 heavy (non-hydrogen) atoms. The van der Waals surface area contributed by atoms with Crippen molar-refractivity contribution in [2.75, 3.05) is 63.8 Å². The highest BCUT2D eigenvalue weighted by atomic mass is 19.1. The average Bonchev–Trinajstić information content (AvgIpc) is 3.20. The molecule has 0 spiro atoms. The Balaban J connectivity index is 1.54.